The predicted octanol–water partition coefficient (Wildman–Crippen LogP) is 4.14. The van der Waals surface area contributed by atoms with Gasteiger partial charge < -0.3 is 25.4 Å². The van der Waals surface area contributed by atoms with Crippen LogP contribution in [0.1, 0.15) is 42.3 Å². The summed E-state index contributed by atoms with van der Waals surface area (Å²) < 4.78 is 5.51. The zero-order valence-electron chi connectivity index (χ0n) is 24.8. The number of rotatable bonds is 8. The number of carbonyl (C=O) groups excluding carboxylic acids is 1. The fourth-order valence-electron chi connectivity index (χ4n) is 4.89. The second-order valence-electron chi connectivity index (χ2n) is 11.5. The summed E-state index contributed by atoms with van der Waals surface area (Å²) in [5, 5.41) is 15.6. The standard InChI is InChI=1S/C31H38N8O3/c1-20-6-7-21(29(41)36-24-17-22(31(2,3)4)8-9-26(24)42-5)16-23(20)35-28-27-25(33-19-34-28)18-32-30(37-27)39-12-10-38(11-13-39)14-15-40/h6-9,16-19,40H,10-15H2,1-5H3,(H,36,41)(H,33,34,35). The first kappa shape index (κ1) is 29.2. The number of aryl methyl sites for hydroxylation is 1. The van der Waals surface area contributed by atoms with Crippen LogP contribution < -0.4 is 20.3 Å². The highest BCUT2D eigenvalue weighted by molar-refractivity contribution is 6.06. The van der Waals surface area contributed by atoms with Gasteiger partial charge in [0, 0.05) is 44.0 Å². The van der Waals surface area contributed by atoms with Gasteiger partial charge in [0.1, 0.15) is 23.1 Å². The average Bonchev–Trinajstić information content (AvgIpc) is 2.98. The number of aliphatic hydroxyl groups excluding tert-OH is 1. The Balaban J connectivity index is 1.39. The van der Waals surface area contributed by atoms with Crippen LogP contribution in [0.25, 0.3) is 11.0 Å². The van der Waals surface area contributed by atoms with E-state index >= 15 is 0 Å². The van der Waals surface area contributed by atoms with Gasteiger partial charge in [0.15, 0.2) is 5.82 Å². The van der Waals surface area contributed by atoms with Crippen LogP contribution in [-0.4, -0.2) is 82.3 Å². The molecule has 2 aromatic heterocycles. The van der Waals surface area contributed by atoms with Crippen molar-refractivity contribution in [2.45, 2.75) is 33.1 Å². The molecule has 3 N–H and O–H groups in total. The summed E-state index contributed by atoms with van der Waals surface area (Å²) in [5.41, 5.74) is 5.01. The van der Waals surface area contributed by atoms with Crippen molar-refractivity contribution in [3.05, 3.63) is 65.6 Å². The number of aromatic nitrogens is 4. The largest absolute Gasteiger partial charge is 0.495 e. The minimum Gasteiger partial charge on any atom is -0.495 e. The number of nitrogens with zero attached hydrogens (tertiary/aromatic N) is 6. The first-order valence-corrected chi connectivity index (χ1v) is 14.1. The van der Waals surface area contributed by atoms with Gasteiger partial charge in [-0.3, -0.25) is 9.69 Å². The van der Waals surface area contributed by atoms with E-state index in [0.29, 0.717) is 46.3 Å². The van der Waals surface area contributed by atoms with Crippen molar-refractivity contribution in [1.82, 2.24) is 24.8 Å². The summed E-state index contributed by atoms with van der Waals surface area (Å²) >= 11 is 0. The Labute approximate surface area is 246 Å². The number of fused-ring (bicyclic) bond motifs is 1. The van der Waals surface area contributed by atoms with Crippen molar-refractivity contribution in [2.24, 2.45) is 0 Å². The van der Waals surface area contributed by atoms with Gasteiger partial charge >= 0.3 is 0 Å². The molecule has 3 heterocycles. The van der Waals surface area contributed by atoms with Crippen LogP contribution in [0.4, 0.5) is 23.1 Å². The lowest BCUT2D eigenvalue weighted by atomic mass is 9.87. The number of anilines is 4. The lowest BCUT2D eigenvalue weighted by Gasteiger charge is -2.34. The predicted molar refractivity (Wildman–Crippen MR) is 165 cm³/mol. The lowest BCUT2D eigenvalue weighted by Crippen LogP contribution is -2.47. The van der Waals surface area contributed by atoms with E-state index in [-0.39, 0.29) is 17.9 Å². The smallest absolute Gasteiger partial charge is 0.255 e. The molecule has 0 spiro atoms. The number of ether oxygens (including phenoxy) is 1. The molecule has 0 unspecified atom stereocenters. The molecule has 4 aromatic rings. The van der Waals surface area contributed by atoms with E-state index in [1.54, 1.807) is 25.4 Å². The molecule has 0 radical (unpaired) electrons. The molecule has 0 saturated carbocycles. The van der Waals surface area contributed by atoms with E-state index in [2.05, 4.69) is 56.2 Å². The molecule has 0 atom stereocenters. The van der Waals surface area contributed by atoms with Gasteiger partial charge in [-0.1, -0.05) is 32.9 Å². The summed E-state index contributed by atoms with van der Waals surface area (Å²) in [6.07, 6.45) is 3.18. The van der Waals surface area contributed by atoms with Gasteiger partial charge in [-0.15, -0.1) is 0 Å². The van der Waals surface area contributed by atoms with Gasteiger partial charge in [-0.25, -0.2) is 19.9 Å². The third-order valence-electron chi connectivity index (χ3n) is 7.50. The summed E-state index contributed by atoms with van der Waals surface area (Å²) in [7, 11) is 1.59. The monoisotopic (exact) mass is 570 g/mol. The Morgan fingerprint density at radius 3 is 2.52 bits per heavy atom. The molecular weight excluding hydrogens is 532 g/mol. The molecule has 5 rings (SSSR count). The Morgan fingerprint density at radius 2 is 1.81 bits per heavy atom. The van der Waals surface area contributed by atoms with Crippen LogP contribution >= 0.6 is 0 Å². The Morgan fingerprint density at radius 1 is 1.02 bits per heavy atom. The summed E-state index contributed by atoms with van der Waals surface area (Å²) in [5.74, 6) is 1.49. The molecule has 42 heavy (non-hydrogen) atoms. The highest BCUT2D eigenvalue weighted by atomic mass is 16.5. The first-order chi connectivity index (χ1) is 20.2. The van der Waals surface area contributed by atoms with Crippen molar-refractivity contribution >= 4 is 40.1 Å². The van der Waals surface area contributed by atoms with Gasteiger partial charge in [0.2, 0.25) is 5.95 Å². The molecule has 1 fully saturated rings. The Hall–Kier alpha value is -4.35. The number of benzene rings is 2. The van der Waals surface area contributed by atoms with Crippen LogP contribution in [-0.2, 0) is 5.41 Å². The van der Waals surface area contributed by atoms with Gasteiger partial charge in [0.25, 0.3) is 5.91 Å². The van der Waals surface area contributed by atoms with Gasteiger partial charge in [0.05, 0.1) is 25.6 Å². The first-order valence-electron chi connectivity index (χ1n) is 14.1. The number of methoxy groups -OCH3 is 1. The molecule has 1 aliphatic rings. The van der Waals surface area contributed by atoms with Crippen molar-refractivity contribution in [3.8, 4) is 5.75 Å². The van der Waals surface area contributed by atoms with E-state index in [1.165, 1.54) is 6.33 Å². The van der Waals surface area contributed by atoms with Crippen LogP contribution in [0.5, 0.6) is 5.75 Å². The maximum Gasteiger partial charge on any atom is 0.255 e. The lowest BCUT2D eigenvalue weighted by molar-refractivity contribution is 0.102. The van der Waals surface area contributed by atoms with Crippen LogP contribution in [0.2, 0.25) is 0 Å². The second-order valence-corrected chi connectivity index (χ2v) is 11.5. The fourth-order valence-corrected chi connectivity index (χ4v) is 4.89. The molecule has 0 bridgehead atoms. The molecule has 1 saturated heterocycles. The molecule has 0 aliphatic carbocycles. The van der Waals surface area contributed by atoms with Gasteiger partial charge in [-0.05, 0) is 47.7 Å². The molecular formula is C31H38N8O3. The fraction of sp³-hybridized carbons (Fsp3) is 0.387. The van der Waals surface area contributed by atoms with Gasteiger partial charge in [-0.2, -0.15) is 0 Å². The zero-order valence-corrected chi connectivity index (χ0v) is 24.8. The molecule has 1 aliphatic heterocycles. The minimum absolute atomic E-state index is 0.0787. The number of carbonyl (C=O) groups is 1. The van der Waals surface area contributed by atoms with E-state index < -0.39 is 0 Å². The SMILES string of the molecule is COc1ccc(C(C)(C)C)cc1NC(=O)c1ccc(C)c(Nc2ncnc3cnc(N4CCN(CCO)CC4)nc23)c1. The number of aliphatic hydroxyl groups is 1. The highest BCUT2D eigenvalue weighted by Crippen LogP contribution is 2.32. The average molecular weight is 571 g/mol. The van der Waals surface area contributed by atoms with Crippen molar-refractivity contribution in [2.75, 3.05) is 62.0 Å². The summed E-state index contributed by atoms with van der Waals surface area (Å²) in [4.78, 5) is 35.9. The molecule has 220 valence electrons. The number of nitrogens with one attached hydrogen (secondary N) is 2. The maximum atomic E-state index is 13.4. The zero-order chi connectivity index (χ0) is 29.9. The third kappa shape index (κ3) is 6.42. The highest BCUT2D eigenvalue weighted by Gasteiger charge is 2.21. The van der Waals surface area contributed by atoms with Crippen LogP contribution in [0.3, 0.4) is 0 Å². The van der Waals surface area contributed by atoms with E-state index in [4.69, 9.17) is 9.72 Å². The van der Waals surface area contributed by atoms with Crippen LogP contribution in [0.15, 0.2) is 48.9 Å². The molecule has 1 amide bonds. The summed E-state index contributed by atoms with van der Waals surface area (Å²) in [6.45, 7) is 12.4. The Kier molecular flexibility index (Phi) is 8.51. The Bertz CT molecular complexity index is 1580. The second kappa shape index (κ2) is 12.3. The summed E-state index contributed by atoms with van der Waals surface area (Å²) in [6, 6.07) is 11.4. The van der Waals surface area contributed by atoms with E-state index in [0.717, 1.165) is 43.0 Å². The normalized spacial score (nSPS) is 14.2. The molecule has 2 aromatic carbocycles. The van der Waals surface area contributed by atoms with Crippen molar-refractivity contribution in [1.29, 1.82) is 0 Å². The molecule has 11 nitrogen and oxygen atoms in total. The number of β-amino-alcohol motifs (C(OH)–C–C–N with tert-alkyl or cyclic N) is 1. The van der Waals surface area contributed by atoms with Crippen LogP contribution in [0, 0.1) is 6.92 Å². The van der Waals surface area contributed by atoms with Crippen molar-refractivity contribution < 1.29 is 14.6 Å². The quantitative estimate of drug-likeness (QED) is 0.284. The number of hydrogen-bond acceptors (Lipinski definition) is 10. The van der Waals surface area contributed by atoms with E-state index in [9.17, 15) is 9.90 Å². The minimum atomic E-state index is -0.250. The van der Waals surface area contributed by atoms with Crippen molar-refractivity contribution in [3.63, 3.8) is 0 Å². The van der Waals surface area contributed by atoms with E-state index in [1.807, 2.05) is 31.2 Å². The molecule has 11 heteroatoms. The number of hydrogen-bond donors (Lipinski definition) is 3. The maximum absolute atomic E-state index is 13.4. The number of piperazine rings is 1. The topological polar surface area (TPSA) is 129 Å². The third-order valence-corrected chi connectivity index (χ3v) is 7.50. The number of amides is 1.